The maximum atomic E-state index is 15.0. The van der Waals surface area contributed by atoms with Gasteiger partial charge in [0.05, 0.1) is 0 Å². The van der Waals surface area contributed by atoms with Crippen LogP contribution in [-0.4, -0.2) is 73.1 Å². The van der Waals surface area contributed by atoms with E-state index in [1.54, 1.807) is 4.90 Å². The summed E-state index contributed by atoms with van der Waals surface area (Å²) < 4.78 is 29.9. The van der Waals surface area contributed by atoms with Crippen molar-refractivity contribution in [3.8, 4) is 0 Å². The van der Waals surface area contributed by atoms with E-state index in [1.165, 1.54) is 17.0 Å². The van der Waals surface area contributed by atoms with E-state index in [9.17, 15) is 18.4 Å². The monoisotopic (exact) mass is 485 g/mol. The Balaban J connectivity index is 0.00000306. The number of piperazine rings is 1. The third-order valence-corrected chi connectivity index (χ3v) is 7.34. The van der Waals surface area contributed by atoms with Gasteiger partial charge in [-0.2, -0.15) is 0 Å². The van der Waals surface area contributed by atoms with Crippen LogP contribution in [0.15, 0.2) is 12.1 Å². The molecule has 1 aromatic rings. The first-order valence-electron chi connectivity index (χ1n) is 11.5. The van der Waals surface area contributed by atoms with Gasteiger partial charge in [-0.3, -0.25) is 15.0 Å². The van der Waals surface area contributed by atoms with Gasteiger partial charge in [-0.05, 0) is 63.4 Å². The van der Waals surface area contributed by atoms with E-state index >= 15 is 0 Å². The summed E-state index contributed by atoms with van der Waals surface area (Å²) in [5.41, 5.74) is 0.441. The van der Waals surface area contributed by atoms with E-state index in [0.717, 1.165) is 39.0 Å². The van der Waals surface area contributed by atoms with Crippen LogP contribution in [0.4, 0.5) is 19.3 Å². The quantitative estimate of drug-likeness (QED) is 0.671. The van der Waals surface area contributed by atoms with E-state index in [4.69, 9.17) is 0 Å². The number of carbonyl (C=O) groups is 2. The molecule has 1 aromatic carbocycles. The van der Waals surface area contributed by atoms with E-state index in [-0.39, 0.29) is 49.1 Å². The van der Waals surface area contributed by atoms with Crippen molar-refractivity contribution in [2.75, 3.05) is 50.7 Å². The van der Waals surface area contributed by atoms with Crippen molar-refractivity contribution in [2.24, 2.45) is 5.92 Å². The molecular weight excluding hydrogens is 452 g/mol. The van der Waals surface area contributed by atoms with Crippen LogP contribution >= 0.6 is 12.4 Å². The van der Waals surface area contributed by atoms with Gasteiger partial charge < -0.3 is 15.1 Å². The van der Waals surface area contributed by atoms with Gasteiger partial charge in [0.15, 0.2) is 0 Å². The van der Waals surface area contributed by atoms with Gasteiger partial charge >= 0.3 is 6.03 Å². The highest BCUT2D eigenvalue weighted by Crippen LogP contribution is 2.33. The van der Waals surface area contributed by atoms with Crippen LogP contribution in [0.1, 0.15) is 38.7 Å². The molecule has 3 heterocycles. The van der Waals surface area contributed by atoms with E-state index < -0.39 is 17.7 Å². The first-order valence-corrected chi connectivity index (χ1v) is 11.5. The van der Waals surface area contributed by atoms with Crippen LogP contribution in [0.5, 0.6) is 0 Å². The molecule has 3 amide bonds. The zero-order valence-electron chi connectivity index (χ0n) is 19.3. The van der Waals surface area contributed by atoms with Crippen LogP contribution in [0.25, 0.3) is 0 Å². The molecule has 3 fully saturated rings. The molecule has 3 saturated heterocycles. The summed E-state index contributed by atoms with van der Waals surface area (Å²) in [6.07, 6.45) is 2.50. The number of imide groups is 1. The minimum Gasteiger partial charge on any atom is -0.364 e. The lowest BCUT2D eigenvalue weighted by atomic mass is 9.79. The number of nitrogens with zero attached hydrogens (tertiary/aromatic N) is 3. The van der Waals surface area contributed by atoms with Gasteiger partial charge in [-0.1, -0.05) is 0 Å². The first-order chi connectivity index (χ1) is 15.3. The Morgan fingerprint density at radius 1 is 1.00 bits per heavy atom. The number of hydrogen-bond acceptors (Lipinski definition) is 5. The second kappa shape index (κ2) is 10.5. The normalized spacial score (nSPS) is 21.1. The predicted molar refractivity (Wildman–Crippen MR) is 126 cm³/mol. The van der Waals surface area contributed by atoms with Crippen LogP contribution in [0.2, 0.25) is 0 Å². The van der Waals surface area contributed by atoms with Crippen molar-refractivity contribution in [3.63, 3.8) is 0 Å². The number of rotatable bonds is 5. The minimum absolute atomic E-state index is 0. The smallest absolute Gasteiger partial charge is 0.324 e. The van der Waals surface area contributed by atoms with E-state index in [1.807, 2.05) is 0 Å². The number of nitrogens with one attached hydrogen (secondary N) is 2. The Labute approximate surface area is 200 Å². The molecule has 7 nitrogen and oxygen atoms in total. The average Bonchev–Trinajstić information content (AvgIpc) is 2.76. The second-order valence-electron chi connectivity index (χ2n) is 9.58. The van der Waals surface area contributed by atoms with Crippen LogP contribution < -0.4 is 15.5 Å². The summed E-state index contributed by atoms with van der Waals surface area (Å²) in [5.74, 6) is -0.939. The Kier molecular flexibility index (Phi) is 8.18. The van der Waals surface area contributed by atoms with Crippen molar-refractivity contribution in [3.05, 3.63) is 29.3 Å². The highest BCUT2D eigenvalue weighted by atomic mass is 35.5. The highest BCUT2D eigenvalue weighted by Gasteiger charge is 2.38. The summed E-state index contributed by atoms with van der Waals surface area (Å²) >= 11 is 0. The Morgan fingerprint density at radius 3 is 2.18 bits per heavy atom. The van der Waals surface area contributed by atoms with Gasteiger partial charge in [0.25, 0.3) is 0 Å². The molecule has 2 N–H and O–H groups in total. The lowest BCUT2D eigenvalue weighted by Crippen LogP contribution is -2.59. The fourth-order valence-corrected chi connectivity index (χ4v) is 5.27. The van der Waals surface area contributed by atoms with Crippen molar-refractivity contribution in [2.45, 2.75) is 45.2 Å². The predicted octanol–water partition coefficient (Wildman–Crippen LogP) is 2.73. The largest absolute Gasteiger partial charge is 0.364 e. The summed E-state index contributed by atoms with van der Waals surface area (Å²) in [5, 5.41) is 5.64. The summed E-state index contributed by atoms with van der Waals surface area (Å²) in [6, 6.07) is 2.07. The zero-order chi connectivity index (χ0) is 22.9. The maximum absolute atomic E-state index is 15.0. The minimum atomic E-state index is -0.612. The zero-order valence-corrected chi connectivity index (χ0v) is 20.1. The number of anilines is 1. The molecule has 0 unspecified atom stereocenters. The molecule has 0 atom stereocenters. The standard InChI is InChI=1S/C23H33F2N5O2.ClH/c1-23(2,17-3-6-26-7-4-17)30-11-9-28(10-12-30)21-18(24)13-16(14-19(21)25)15-29-8-5-20(31)27-22(29)32;/h13-14,17,26H,3-12,15H2,1-2H3,(H,27,31,32);1H. The van der Waals surface area contributed by atoms with E-state index in [2.05, 4.69) is 29.4 Å². The fourth-order valence-electron chi connectivity index (χ4n) is 5.27. The van der Waals surface area contributed by atoms with Gasteiger partial charge in [-0.15, -0.1) is 12.4 Å². The van der Waals surface area contributed by atoms with Gasteiger partial charge in [0.1, 0.15) is 17.3 Å². The number of halogens is 3. The molecule has 0 radical (unpaired) electrons. The number of urea groups is 1. The number of piperidine rings is 1. The third-order valence-electron chi connectivity index (χ3n) is 7.34. The van der Waals surface area contributed by atoms with Crippen molar-refractivity contribution in [1.29, 1.82) is 0 Å². The molecule has 0 aromatic heterocycles. The van der Waals surface area contributed by atoms with Crippen molar-refractivity contribution in [1.82, 2.24) is 20.4 Å². The lowest BCUT2D eigenvalue weighted by Gasteiger charge is -2.49. The molecule has 0 aliphatic carbocycles. The van der Waals surface area contributed by atoms with Crippen LogP contribution in [-0.2, 0) is 11.3 Å². The van der Waals surface area contributed by atoms with Gasteiger partial charge in [0, 0.05) is 51.2 Å². The Bertz CT molecular complexity index is 847. The summed E-state index contributed by atoms with van der Waals surface area (Å²) in [4.78, 5) is 28.8. The highest BCUT2D eigenvalue weighted by molar-refractivity contribution is 5.96. The summed E-state index contributed by atoms with van der Waals surface area (Å²) in [6.45, 7) is 9.64. The number of carbonyl (C=O) groups excluding carboxylic acids is 2. The van der Waals surface area contributed by atoms with E-state index in [0.29, 0.717) is 24.6 Å². The third kappa shape index (κ3) is 5.58. The van der Waals surface area contributed by atoms with Crippen molar-refractivity contribution >= 4 is 30.0 Å². The fraction of sp³-hybridized carbons (Fsp3) is 0.652. The molecule has 184 valence electrons. The lowest BCUT2D eigenvalue weighted by molar-refractivity contribution is -0.121. The van der Waals surface area contributed by atoms with Crippen molar-refractivity contribution < 1.29 is 18.4 Å². The van der Waals surface area contributed by atoms with Gasteiger partial charge in [0.2, 0.25) is 5.91 Å². The molecule has 3 aliphatic rings. The molecular formula is C23H34ClF2N5O2. The number of hydrogen-bond donors (Lipinski definition) is 2. The topological polar surface area (TPSA) is 67.9 Å². The second-order valence-corrected chi connectivity index (χ2v) is 9.58. The molecule has 10 heteroatoms. The van der Waals surface area contributed by atoms with Crippen LogP contribution in [0, 0.1) is 17.6 Å². The average molecular weight is 486 g/mol. The summed E-state index contributed by atoms with van der Waals surface area (Å²) in [7, 11) is 0. The number of amides is 3. The van der Waals surface area contributed by atoms with Crippen LogP contribution in [0.3, 0.4) is 0 Å². The Morgan fingerprint density at radius 2 is 1.61 bits per heavy atom. The molecule has 0 saturated carbocycles. The van der Waals surface area contributed by atoms with Gasteiger partial charge in [-0.25, -0.2) is 13.6 Å². The SMILES string of the molecule is CC(C)(C1CCNCC1)N1CCN(c2c(F)cc(CN3CCC(=O)NC3=O)cc2F)CC1.Cl. The molecule has 33 heavy (non-hydrogen) atoms. The first kappa shape index (κ1) is 25.6. The molecule has 3 aliphatic heterocycles. The number of benzene rings is 1. The molecule has 0 spiro atoms. The molecule has 0 bridgehead atoms. The maximum Gasteiger partial charge on any atom is 0.324 e. The Hall–Kier alpha value is -1.97. The molecule has 4 rings (SSSR count).